The molecule has 118 valence electrons. The number of sulfonamides is 1. The molecule has 1 N–H and O–H groups in total. The van der Waals surface area contributed by atoms with Crippen molar-refractivity contribution in [3.05, 3.63) is 24.3 Å². The molecule has 1 aromatic rings. The first-order chi connectivity index (χ1) is 10.0. The molecule has 2 atom stereocenters. The monoisotopic (exact) mass is 313 g/mol. The normalized spacial score (nSPS) is 23.4. The molecular formula is C15H23NO4S. The van der Waals surface area contributed by atoms with E-state index in [0.717, 1.165) is 12.8 Å². The summed E-state index contributed by atoms with van der Waals surface area (Å²) in [7, 11) is -3.55. The van der Waals surface area contributed by atoms with Gasteiger partial charge < -0.3 is 9.84 Å². The van der Waals surface area contributed by atoms with Gasteiger partial charge in [-0.25, -0.2) is 8.42 Å². The van der Waals surface area contributed by atoms with Crippen LogP contribution in [-0.2, 0) is 10.0 Å². The van der Waals surface area contributed by atoms with Gasteiger partial charge in [-0.05, 0) is 43.0 Å². The Bertz CT molecular complexity index is 556. The molecule has 2 rings (SSSR count). The molecule has 1 saturated heterocycles. The van der Waals surface area contributed by atoms with Crippen molar-refractivity contribution in [1.82, 2.24) is 4.31 Å². The van der Waals surface area contributed by atoms with E-state index in [0.29, 0.717) is 18.9 Å². The number of aliphatic hydroxyl groups excluding tert-OH is 1. The van der Waals surface area contributed by atoms with E-state index in [1.807, 2.05) is 13.8 Å². The molecule has 0 saturated carbocycles. The highest BCUT2D eigenvalue weighted by Gasteiger charge is 2.39. The van der Waals surface area contributed by atoms with E-state index < -0.39 is 10.0 Å². The minimum absolute atomic E-state index is 0.141. The maximum Gasteiger partial charge on any atom is 0.243 e. The summed E-state index contributed by atoms with van der Waals surface area (Å²) in [5, 5.41) is 9.43. The highest BCUT2D eigenvalue weighted by Crippen LogP contribution is 2.30. The Kier molecular flexibility index (Phi) is 5.24. The highest BCUT2D eigenvalue weighted by molar-refractivity contribution is 7.89. The van der Waals surface area contributed by atoms with Crippen LogP contribution in [0.2, 0.25) is 0 Å². The Morgan fingerprint density at radius 3 is 2.57 bits per heavy atom. The molecule has 2 unspecified atom stereocenters. The number of rotatable bonds is 6. The lowest BCUT2D eigenvalue weighted by Crippen LogP contribution is -2.39. The fourth-order valence-electron chi connectivity index (χ4n) is 2.61. The second kappa shape index (κ2) is 6.77. The first-order valence-corrected chi connectivity index (χ1v) is 8.80. The summed E-state index contributed by atoms with van der Waals surface area (Å²) < 4.78 is 32.2. The minimum atomic E-state index is -3.55. The molecule has 1 aliphatic heterocycles. The molecule has 0 aliphatic carbocycles. The zero-order valence-electron chi connectivity index (χ0n) is 12.5. The van der Waals surface area contributed by atoms with Crippen LogP contribution in [0.3, 0.4) is 0 Å². The summed E-state index contributed by atoms with van der Waals surface area (Å²) in [5.41, 5.74) is 0. The first kappa shape index (κ1) is 16.3. The average Bonchev–Trinajstić information content (AvgIpc) is 2.87. The predicted octanol–water partition coefficient (Wildman–Crippen LogP) is 1.87. The van der Waals surface area contributed by atoms with Crippen LogP contribution in [0.1, 0.15) is 26.7 Å². The van der Waals surface area contributed by atoms with E-state index in [1.165, 1.54) is 4.31 Å². The first-order valence-electron chi connectivity index (χ1n) is 7.36. The lowest BCUT2D eigenvalue weighted by molar-refractivity contribution is 0.191. The zero-order valence-corrected chi connectivity index (χ0v) is 13.3. The number of ether oxygens (including phenoxy) is 1. The number of hydrogen-bond donors (Lipinski definition) is 1. The van der Waals surface area contributed by atoms with Crippen LogP contribution in [0, 0.1) is 5.92 Å². The lowest BCUT2D eigenvalue weighted by Gasteiger charge is -2.24. The molecule has 0 bridgehead atoms. The van der Waals surface area contributed by atoms with Crippen molar-refractivity contribution in [3.8, 4) is 5.75 Å². The number of nitrogens with zero attached hydrogens (tertiary/aromatic N) is 1. The largest absolute Gasteiger partial charge is 0.494 e. The molecule has 21 heavy (non-hydrogen) atoms. The molecule has 0 aromatic heterocycles. The van der Waals surface area contributed by atoms with Crippen LogP contribution < -0.4 is 4.74 Å². The van der Waals surface area contributed by atoms with Crippen LogP contribution in [0.15, 0.2) is 29.2 Å². The molecule has 5 nitrogen and oxygen atoms in total. The maximum absolute atomic E-state index is 12.6. The summed E-state index contributed by atoms with van der Waals surface area (Å²) >= 11 is 0. The maximum atomic E-state index is 12.6. The average molecular weight is 313 g/mol. The summed E-state index contributed by atoms with van der Waals surface area (Å²) in [6.45, 7) is 4.92. The van der Waals surface area contributed by atoms with Crippen molar-refractivity contribution in [2.24, 2.45) is 5.92 Å². The van der Waals surface area contributed by atoms with Crippen LogP contribution >= 0.6 is 0 Å². The number of aliphatic hydroxyl groups is 1. The van der Waals surface area contributed by atoms with Gasteiger partial charge in [0.05, 0.1) is 24.2 Å². The van der Waals surface area contributed by atoms with Gasteiger partial charge in [-0.2, -0.15) is 4.31 Å². The topological polar surface area (TPSA) is 66.8 Å². The van der Waals surface area contributed by atoms with Crippen LogP contribution in [-0.4, -0.2) is 43.6 Å². The van der Waals surface area contributed by atoms with Crippen LogP contribution in [0.4, 0.5) is 0 Å². The molecule has 6 heteroatoms. The smallest absolute Gasteiger partial charge is 0.243 e. The second-order valence-corrected chi connectivity index (χ2v) is 7.34. The molecule has 1 heterocycles. The molecule has 1 aromatic carbocycles. The fraction of sp³-hybridized carbons (Fsp3) is 0.600. The van der Waals surface area contributed by atoms with Crippen molar-refractivity contribution in [2.75, 3.05) is 19.8 Å². The summed E-state index contributed by atoms with van der Waals surface area (Å²) in [6, 6.07) is 6.16. The Morgan fingerprint density at radius 2 is 2.00 bits per heavy atom. The summed E-state index contributed by atoms with van der Waals surface area (Å²) in [6.07, 6.45) is 1.69. The van der Waals surface area contributed by atoms with Gasteiger partial charge in [0.25, 0.3) is 0 Å². The number of benzene rings is 1. The molecule has 0 spiro atoms. The summed E-state index contributed by atoms with van der Waals surface area (Å²) in [4.78, 5) is 0.249. The lowest BCUT2D eigenvalue weighted by atomic mass is 10.0. The van der Waals surface area contributed by atoms with Crippen molar-refractivity contribution in [3.63, 3.8) is 0 Å². The minimum Gasteiger partial charge on any atom is -0.494 e. The van der Waals surface area contributed by atoms with E-state index in [4.69, 9.17) is 4.74 Å². The van der Waals surface area contributed by atoms with Gasteiger partial charge in [-0.3, -0.25) is 0 Å². The number of hydrogen-bond acceptors (Lipinski definition) is 4. The van der Waals surface area contributed by atoms with Crippen molar-refractivity contribution < 1.29 is 18.3 Å². The second-order valence-electron chi connectivity index (χ2n) is 5.45. The van der Waals surface area contributed by atoms with Crippen molar-refractivity contribution in [2.45, 2.75) is 37.6 Å². The van der Waals surface area contributed by atoms with Crippen molar-refractivity contribution >= 4 is 10.0 Å². The summed E-state index contributed by atoms with van der Waals surface area (Å²) in [5.74, 6) is 0.848. The molecule has 1 fully saturated rings. The zero-order chi connectivity index (χ0) is 15.5. The predicted molar refractivity (Wildman–Crippen MR) is 80.8 cm³/mol. The molecule has 0 radical (unpaired) electrons. The third-order valence-electron chi connectivity index (χ3n) is 3.92. The van der Waals surface area contributed by atoms with Crippen molar-refractivity contribution in [1.29, 1.82) is 0 Å². The SMILES string of the molecule is CCCOc1ccc(S(=O)(=O)N2CCC(C)C2CO)cc1. The third-order valence-corrected chi connectivity index (χ3v) is 5.86. The van der Waals surface area contributed by atoms with E-state index >= 15 is 0 Å². The van der Waals surface area contributed by atoms with Crippen LogP contribution in [0.5, 0.6) is 5.75 Å². The molecule has 0 amide bonds. The Balaban J connectivity index is 2.19. The van der Waals surface area contributed by atoms with E-state index in [2.05, 4.69) is 0 Å². The van der Waals surface area contributed by atoms with Gasteiger partial charge in [0, 0.05) is 6.54 Å². The van der Waals surface area contributed by atoms with E-state index in [9.17, 15) is 13.5 Å². The Morgan fingerprint density at radius 1 is 1.33 bits per heavy atom. The van der Waals surface area contributed by atoms with Crippen LogP contribution in [0.25, 0.3) is 0 Å². The molecule has 1 aliphatic rings. The van der Waals surface area contributed by atoms with Gasteiger partial charge in [-0.1, -0.05) is 13.8 Å². The van der Waals surface area contributed by atoms with E-state index in [-0.39, 0.29) is 23.5 Å². The van der Waals surface area contributed by atoms with Gasteiger partial charge in [-0.15, -0.1) is 0 Å². The Labute approximate surface area is 126 Å². The highest BCUT2D eigenvalue weighted by atomic mass is 32.2. The quantitative estimate of drug-likeness (QED) is 0.870. The van der Waals surface area contributed by atoms with Gasteiger partial charge in [0.15, 0.2) is 0 Å². The van der Waals surface area contributed by atoms with Gasteiger partial charge in [0.2, 0.25) is 10.0 Å². The third kappa shape index (κ3) is 3.39. The Hall–Kier alpha value is -1.11. The fourth-order valence-corrected chi connectivity index (χ4v) is 4.33. The van der Waals surface area contributed by atoms with Gasteiger partial charge in [0.1, 0.15) is 5.75 Å². The molecular weight excluding hydrogens is 290 g/mol. The standard InChI is InChI=1S/C15H23NO4S/c1-3-10-20-13-4-6-14(7-5-13)21(18,19)16-9-8-12(2)15(16)11-17/h4-7,12,15,17H,3,8-11H2,1-2H3. The van der Waals surface area contributed by atoms with E-state index in [1.54, 1.807) is 24.3 Å². The van der Waals surface area contributed by atoms with Gasteiger partial charge >= 0.3 is 0 Å².